The van der Waals surface area contributed by atoms with E-state index in [4.69, 9.17) is 16.3 Å². The summed E-state index contributed by atoms with van der Waals surface area (Å²) in [4.78, 5) is 31.5. The molecule has 1 fully saturated rings. The van der Waals surface area contributed by atoms with Crippen LogP contribution in [0.25, 0.3) is 11.3 Å². The van der Waals surface area contributed by atoms with E-state index in [0.29, 0.717) is 49.9 Å². The Hall–Kier alpha value is -3.49. The van der Waals surface area contributed by atoms with E-state index in [1.54, 1.807) is 36.3 Å². The Balaban J connectivity index is 1.34. The van der Waals surface area contributed by atoms with Crippen molar-refractivity contribution in [3.05, 3.63) is 76.8 Å². The Morgan fingerprint density at radius 2 is 1.64 bits per heavy atom. The summed E-state index contributed by atoms with van der Waals surface area (Å²) in [5.41, 5.74) is 3.54. The van der Waals surface area contributed by atoms with Gasteiger partial charge in [0.1, 0.15) is 6.54 Å². The molecular formula is C27H30ClN5O3. The van der Waals surface area contributed by atoms with Crippen molar-refractivity contribution in [2.75, 3.05) is 57.9 Å². The number of benzene rings is 2. The highest BCUT2D eigenvalue weighted by Gasteiger charge is 2.26. The molecule has 1 aliphatic heterocycles. The largest absolute Gasteiger partial charge is 0.383 e. The highest BCUT2D eigenvalue weighted by molar-refractivity contribution is 6.30. The molecule has 0 aliphatic carbocycles. The van der Waals surface area contributed by atoms with Gasteiger partial charge < -0.3 is 19.4 Å². The maximum Gasteiger partial charge on any atom is 0.254 e. The number of carbonyl (C=O) groups is 2. The lowest BCUT2D eigenvalue weighted by Crippen LogP contribution is -2.52. The molecule has 188 valence electrons. The van der Waals surface area contributed by atoms with Crippen LogP contribution >= 0.6 is 11.6 Å². The monoisotopic (exact) mass is 507 g/mol. The number of hydrogen-bond acceptors (Lipinski definition) is 6. The number of methoxy groups -OCH3 is 1. The SMILES string of the molecule is COCCN(CC(=O)N1CCN(c2ccc(-c3ccc(C)cc3)nn2)CC1)C(=O)c1ccc(Cl)cc1. The summed E-state index contributed by atoms with van der Waals surface area (Å²) in [5.74, 6) is 0.478. The van der Waals surface area contributed by atoms with Crippen LogP contribution in [-0.2, 0) is 9.53 Å². The third kappa shape index (κ3) is 6.38. The van der Waals surface area contributed by atoms with Gasteiger partial charge in [0.2, 0.25) is 5.91 Å². The first-order valence-corrected chi connectivity index (χ1v) is 12.3. The zero-order chi connectivity index (χ0) is 25.5. The zero-order valence-corrected chi connectivity index (χ0v) is 21.3. The minimum absolute atomic E-state index is 0.00410. The van der Waals surface area contributed by atoms with Crippen LogP contribution in [0.4, 0.5) is 5.82 Å². The summed E-state index contributed by atoms with van der Waals surface area (Å²) >= 11 is 5.94. The summed E-state index contributed by atoms with van der Waals surface area (Å²) < 4.78 is 5.15. The van der Waals surface area contributed by atoms with E-state index < -0.39 is 0 Å². The topological polar surface area (TPSA) is 78.9 Å². The van der Waals surface area contributed by atoms with Gasteiger partial charge in [-0.05, 0) is 43.3 Å². The van der Waals surface area contributed by atoms with Crippen molar-refractivity contribution in [3.8, 4) is 11.3 Å². The highest BCUT2D eigenvalue weighted by atomic mass is 35.5. The van der Waals surface area contributed by atoms with Crippen molar-refractivity contribution in [2.24, 2.45) is 0 Å². The maximum atomic E-state index is 13.1. The number of aryl methyl sites for hydroxylation is 1. The third-order valence-electron chi connectivity index (χ3n) is 6.22. The Bertz CT molecular complexity index is 1160. The van der Waals surface area contributed by atoms with Crippen molar-refractivity contribution < 1.29 is 14.3 Å². The molecule has 0 radical (unpaired) electrons. The normalized spacial score (nSPS) is 13.5. The van der Waals surface area contributed by atoms with Crippen LogP contribution in [0.1, 0.15) is 15.9 Å². The lowest BCUT2D eigenvalue weighted by molar-refractivity contribution is -0.132. The molecule has 0 spiro atoms. The number of anilines is 1. The summed E-state index contributed by atoms with van der Waals surface area (Å²) in [6.45, 7) is 5.11. The van der Waals surface area contributed by atoms with Crippen LogP contribution in [0.5, 0.6) is 0 Å². The van der Waals surface area contributed by atoms with Gasteiger partial charge in [-0.25, -0.2) is 0 Å². The average molecular weight is 508 g/mol. The van der Waals surface area contributed by atoms with Gasteiger partial charge in [-0.3, -0.25) is 9.59 Å². The second-order valence-electron chi connectivity index (χ2n) is 8.74. The molecule has 9 heteroatoms. The molecule has 0 bridgehead atoms. The van der Waals surface area contributed by atoms with E-state index in [2.05, 4.69) is 34.2 Å². The van der Waals surface area contributed by atoms with Crippen LogP contribution in [0.2, 0.25) is 5.02 Å². The minimum atomic E-state index is -0.223. The number of ether oxygens (including phenoxy) is 1. The van der Waals surface area contributed by atoms with Gasteiger partial charge in [-0.15, -0.1) is 10.2 Å². The van der Waals surface area contributed by atoms with Crippen LogP contribution in [0.3, 0.4) is 0 Å². The number of aromatic nitrogens is 2. The number of nitrogens with zero attached hydrogens (tertiary/aromatic N) is 5. The van der Waals surface area contributed by atoms with Gasteiger partial charge in [0.15, 0.2) is 5.82 Å². The number of amides is 2. The van der Waals surface area contributed by atoms with Crippen molar-refractivity contribution in [2.45, 2.75) is 6.92 Å². The Morgan fingerprint density at radius 1 is 0.944 bits per heavy atom. The molecule has 0 N–H and O–H groups in total. The van der Waals surface area contributed by atoms with Crippen molar-refractivity contribution in [1.29, 1.82) is 0 Å². The molecule has 3 aromatic rings. The first-order chi connectivity index (χ1) is 17.4. The average Bonchev–Trinajstić information content (AvgIpc) is 2.91. The van der Waals surface area contributed by atoms with Gasteiger partial charge in [-0.1, -0.05) is 41.4 Å². The molecule has 8 nitrogen and oxygen atoms in total. The summed E-state index contributed by atoms with van der Waals surface area (Å²) in [6.07, 6.45) is 0. The van der Waals surface area contributed by atoms with E-state index in [1.807, 2.05) is 24.3 Å². The molecule has 2 amide bonds. The van der Waals surface area contributed by atoms with Crippen LogP contribution in [0.15, 0.2) is 60.7 Å². The lowest BCUT2D eigenvalue weighted by Gasteiger charge is -2.36. The molecule has 36 heavy (non-hydrogen) atoms. The predicted molar refractivity (Wildman–Crippen MR) is 140 cm³/mol. The predicted octanol–water partition coefficient (Wildman–Crippen LogP) is 3.54. The number of hydrogen-bond donors (Lipinski definition) is 0. The van der Waals surface area contributed by atoms with Crippen molar-refractivity contribution in [3.63, 3.8) is 0 Å². The second-order valence-corrected chi connectivity index (χ2v) is 9.17. The van der Waals surface area contributed by atoms with Gasteiger partial charge in [0.25, 0.3) is 5.91 Å². The number of halogens is 1. The van der Waals surface area contributed by atoms with Crippen LogP contribution in [0, 0.1) is 6.92 Å². The molecule has 0 atom stereocenters. The minimum Gasteiger partial charge on any atom is -0.383 e. The summed E-state index contributed by atoms with van der Waals surface area (Å²) in [7, 11) is 1.57. The standard InChI is InChI=1S/C27H30ClN5O3/c1-20-3-5-21(6-4-20)24-11-12-25(30-29-24)31-13-15-32(16-14-31)26(34)19-33(17-18-36-2)27(35)22-7-9-23(28)10-8-22/h3-12H,13-19H2,1-2H3. The molecule has 1 saturated heterocycles. The summed E-state index contributed by atoms with van der Waals surface area (Å²) in [6, 6.07) is 18.8. The van der Waals surface area contributed by atoms with E-state index >= 15 is 0 Å². The Labute approximate surface area is 216 Å². The van der Waals surface area contributed by atoms with Gasteiger partial charge in [0, 0.05) is 56.0 Å². The molecule has 2 aromatic carbocycles. The summed E-state index contributed by atoms with van der Waals surface area (Å²) in [5, 5.41) is 9.36. The van der Waals surface area contributed by atoms with Crippen LogP contribution in [-0.4, -0.2) is 84.8 Å². The molecule has 1 aliphatic rings. The van der Waals surface area contributed by atoms with E-state index in [0.717, 1.165) is 17.1 Å². The fourth-order valence-electron chi connectivity index (χ4n) is 4.05. The van der Waals surface area contributed by atoms with E-state index in [9.17, 15) is 9.59 Å². The zero-order valence-electron chi connectivity index (χ0n) is 20.6. The van der Waals surface area contributed by atoms with Gasteiger partial charge in [-0.2, -0.15) is 0 Å². The maximum absolute atomic E-state index is 13.1. The van der Waals surface area contributed by atoms with Crippen LogP contribution < -0.4 is 4.90 Å². The smallest absolute Gasteiger partial charge is 0.254 e. The molecule has 1 aromatic heterocycles. The molecule has 2 heterocycles. The van der Waals surface area contributed by atoms with Crippen molar-refractivity contribution >= 4 is 29.2 Å². The molecule has 0 saturated carbocycles. The molecule has 4 rings (SSSR count). The Kier molecular flexibility index (Phi) is 8.51. The first kappa shape index (κ1) is 25.6. The first-order valence-electron chi connectivity index (χ1n) is 11.9. The molecule has 0 unspecified atom stereocenters. The van der Waals surface area contributed by atoms with Gasteiger partial charge in [0.05, 0.1) is 12.3 Å². The second kappa shape index (κ2) is 12.0. The number of rotatable bonds is 8. The third-order valence-corrected chi connectivity index (χ3v) is 6.48. The van der Waals surface area contributed by atoms with E-state index in [1.165, 1.54) is 10.5 Å². The van der Waals surface area contributed by atoms with Gasteiger partial charge >= 0.3 is 0 Å². The fraction of sp³-hybridized carbons (Fsp3) is 0.333. The van der Waals surface area contributed by atoms with E-state index in [-0.39, 0.29) is 18.4 Å². The lowest BCUT2D eigenvalue weighted by atomic mass is 10.1. The van der Waals surface area contributed by atoms with Crippen molar-refractivity contribution in [1.82, 2.24) is 20.0 Å². The number of carbonyl (C=O) groups excluding carboxylic acids is 2. The highest BCUT2D eigenvalue weighted by Crippen LogP contribution is 2.20. The molecular weight excluding hydrogens is 478 g/mol. The Morgan fingerprint density at radius 3 is 2.25 bits per heavy atom. The quantitative estimate of drug-likeness (QED) is 0.464. The number of piperazine rings is 1. The fourth-order valence-corrected chi connectivity index (χ4v) is 4.18.